The predicted octanol–water partition coefficient (Wildman–Crippen LogP) is 2.07. The first kappa shape index (κ1) is 12.5. The Balaban J connectivity index is 2.40. The van der Waals surface area contributed by atoms with Crippen LogP contribution >= 0.6 is 11.8 Å². The predicted molar refractivity (Wildman–Crippen MR) is 68.4 cm³/mol. The molecule has 94 valence electrons. The van der Waals surface area contributed by atoms with Crippen molar-refractivity contribution in [1.82, 2.24) is 4.90 Å². The van der Waals surface area contributed by atoms with Crippen LogP contribution in [0.4, 0.5) is 4.79 Å². The van der Waals surface area contributed by atoms with E-state index in [2.05, 4.69) is 0 Å². The Morgan fingerprint density at radius 3 is 2.67 bits per heavy atom. The molecule has 0 saturated carbocycles. The van der Waals surface area contributed by atoms with Crippen LogP contribution in [0.15, 0.2) is 23.1 Å². The van der Waals surface area contributed by atoms with Crippen molar-refractivity contribution in [3.05, 3.63) is 28.7 Å². The average Bonchev–Trinajstić information content (AvgIpc) is 2.60. The number of nitrogens with zero attached hydrogens (tertiary/aromatic N) is 1. The first-order valence-electron chi connectivity index (χ1n) is 5.12. The number of ether oxygens (including phenoxy) is 1. The van der Waals surface area contributed by atoms with Crippen LogP contribution in [-0.2, 0) is 4.79 Å². The molecule has 2 amide bonds. The van der Waals surface area contributed by atoms with Gasteiger partial charge in [-0.2, -0.15) is 0 Å². The van der Waals surface area contributed by atoms with Gasteiger partial charge in [0, 0.05) is 12.6 Å². The van der Waals surface area contributed by atoms with Crippen LogP contribution in [0.1, 0.15) is 5.56 Å². The Morgan fingerprint density at radius 1 is 1.39 bits per heavy atom. The number of amides is 2. The number of rotatable bonds is 2. The van der Waals surface area contributed by atoms with Gasteiger partial charge in [-0.05, 0) is 23.9 Å². The maximum absolute atomic E-state index is 11.7. The van der Waals surface area contributed by atoms with Gasteiger partial charge < -0.3 is 9.84 Å². The summed E-state index contributed by atoms with van der Waals surface area (Å²) in [6.07, 6.45) is 1.48. The highest BCUT2D eigenvalue weighted by atomic mass is 32.2. The van der Waals surface area contributed by atoms with Gasteiger partial charge in [0.15, 0.2) is 11.5 Å². The number of thioether (sulfide) groups is 1. The van der Waals surface area contributed by atoms with Crippen LogP contribution in [0.5, 0.6) is 11.5 Å². The molecule has 0 aromatic heterocycles. The lowest BCUT2D eigenvalue weighted by Crippen LogP contribution is -2.22. The summed E-state index contributed by atoms with van der Waals surface area (Å²) in [6, 6.07) is 4.94. The number of benzene rings is 1. The van der Waals surface area contributed by atoms with Crippen molar-refractivity contribution in [3.63, 3.8) is 0 Å². The first-order valence-corrected chi connectivity index (χ1v) is 5.93. The molecule has 1 aromatic rings. The van der Waals surface area contributed by atoms with Crippen molar-refractivity contribution < 1.29 is 19.4 Å². The van der Waals surface area contributed by atoms with E-state index in [0.29, 0.717) is 11.3 Å². The number of methoxy groups -OCH3 is 1. The highest BCUT2D eigenvalue weighted by Gasteiger charge is 2.32. The summed E-state index contributed by atoms with van der Waals surface area (Å²) in [4.78, 5) is 24.3. The van der Waals surface area contributed by atoms with E-state index in [0.717, 1.165) is 16.7 Å². The zero-order valence-corrected chi connectivity index (χ0v) is 10.7. The highest BCUT2D eigenvalue weighted by Crippen LogP contribution is 2.35. The van der Waals surface area contributed by atoms with Gasteiger partial charge in [0.2, 0.25) is 0 Å². The molecule has 1 fully saturated rings. The lowest BCUT2D eigenvalue weighted by atomic mass is 10.1. The molecular weight excluding hydrogens is 254 g/mol. The molecule has 18 heavy (non-hydrogen) atoms. The van der Waals surface area contributed by atoms with Gasteiger partial charge >= 0.3 is 0 Å². The number of para-hydroxylation sites is 1. The largest absolute Gasteiger partial charge is 0.504 e. The number of hydrogen-bond acceptors (Lipinski definition) is 5. The topological polar surface area (TPSA) is 66.8 Å². The number of likely N-dealkylation sites (N-methyl/N-ethyl adjacent to an activating group) is 1. The summed E-state index contributed by atoms with van der Waals surface area (Å²) in [7, 11) is 2.86. The second kappa shape index (κ2) is 4.73. The normalized spacial score (nSPS) is 17.7. The summed E-state index contributed by atoms with van der Waals surface area (Å²) in [5.41, 5.74) is 0.438. The summed E-state index contributed by atoms with van der Waals surface area (Å²) in [5, 5.41) is 9.55. The lowest BCUT2D eigenvalue weighted by molar-refractivity contribution is -0.121. The van der Waals surface area contributed by atoms with E-state index in [-0.39, 0.29) is 21.8 Å². The number of imide groups is 1. The van der Waals surface area contributed by atoms with Crippen LogP contribution in [0.25, 0.3) is 6.08 Å². The van der Waals surface area contributed by atoms with Gasteiger partial charge in [0.05, 0.1) is 12.0 Å². The molecule has 1 N–H and O–H groups in total. The van der Waals surface area contributed by atoms with Crippen LogP contribution in [0.2, 0.25) is 0 Å². The molecule has 0 aliphatic carbocycles. The van der Waals surface area contributed by atoms with Gasteiger partial charge in [-0.15, -0.1) is 0 Å². The summed E-state index contributed by atoms with van der Waals surface area (Å²) < 4.78 is 4.97. The monoisotopic (exact) mass is 265 g/mol. The quantitative estimate of drug-likeness (QED) is 0.829. The van der Waals surface area contributed by atoms with E-state index in [1.54, 1.807) is 18.2 Å². The fraction of sp³-hybridized carbons (Fsp3) is 0.167. The summed E-state index contributed by atoms with van der Waals surface area (Å²) in [6.45, 7) is 0. The average molecular weight is 265 g/mol. The number of phenolic OH excluding ortho intramolecular Hbond substituents is 1. The molecule has 5 nitrogen and oxygen atoms in total. The second-order valence-electron chi connectivity index (χ2n) is 3.64. The smallest absolute Gasteiger partial charge is 0.293 e. The number of carbonyl (C=O) groups excluding carboxylic acids is 2. The third kappa shape index (κ3) is 2.06. The van der Waals surface area contributed by atoms with E-state index in [9.17, 15) is 14.7 Å². The Labute approximate surface area is 108 Å². The van der Waals surface area contributed by atoms with E-state index in [1.807, 2.05) is 0 Å². The second-order valence-corrected chi connectivity index (χ2v) is 4.63. The van der Waals surface area contributed by atoms with Crippen molar-refractivity contribution in [3.8, 4) is 11.5 Å². The molecule has 0 bridgehead atoms. The van der Waals surface area contributed by atoms with Crippen molar-refractivity contribution >= 4 is 29.0 Å². The van der Waals surface area contributed by atoms with Crippen molar-refractivity contribution in [2.24, 2.45) is 0 Å². The molecule has 2 rings (SSSR count). The minimum absolute atomic E-state index is 0.0529. The summed E-state index contributed by atoms with van der Waals surface area (Å²) >= 11 is 0.845. The summed E-state index contributed by atoms with van der Waals surface area (Å²) in [5.74, 6) is -0.102. The van der Waals surface area contributed by atoms with Gasteiger partial charge in [0.25, 0.3) is 11.1 Å². The molecule has 0 atom stereocenters. The van der Waals surface area contributed by atoms with E-state index >= 15 is 0 Å². The SMILES string of the molecule is COc1cccc(/C=C2/SC(=O)N(C)C2=O)c1O. The molecule has 0 unspecified atom stereocenters. The third-order valence-corrected chi connectivity index (χ3v) is 3.48. The van der Waals surface area contributed by atoms with E-state index < -0.39 is 0 Å². The third-order valence-electron chi connectivity index (χ3n) is 2.52. The lowest BCUT2D eigenvalue weighted by Gasteiger charge is -2.05. The number of aromatic hydroxyl groups is 1. The standard InChI is InChI=1S/C12H11NO4S/c1-13-11(15)9(18-12(13)16)6-7-4-3-5-8(17-2)10(7)14/h3-6,14H,1-2H3/b9-6+. The molecule has 1 aliphatic heterocycles. The number of carbonyl (C=O) groups is 2. The Bertz CT molecular complexity index is 553. The van der Waals surface area contributed by atoms with Gasteiger partial charge in [-0.25, -0.2) is 0 Å². The van der Waals surface area contributed by atoms with Gasteiger partial charge in [-0.3, -0.25) is 14.5 Å². The van der Waals surface area contributed by atoms with Crippen LogP contribution < -0.4 is 4.74 Å². The first-order chi connectivity index (χ1) is 8.54. The zero-order chi connectivity index (χ0) is 13.3. The van der Waals surface area contributed by atoms with E-state index in [4.69, 9.17) is 4.74 Å². The van der Waals surface area contributed by atoms with Gasteiger partial charge in [-0.1, -0.05) is 12.1 Å². The molecular formula is C12H11NO4S. The molecule has 0 spiro atoms. The Kier molecular flexibility index (Phi) is 3.29. The van der Waals surface area contributed by atoms with Crippen molar-refractivity contribution in [2.45, 2.75) is 0 Å². The van der Waals surface area contributed by atoms with Crippen molar-refractivity contribution in [1.29, 1.82) is 0 Å². The van der Waals surface area contributed by atoms with E-state index in [1.165, 1.54) is 20.2 Å². The Hall–Kier alpha value is -1.95. The maximum Gasteiger partial charge on any atom is 0.293 e. The molecule has 6 heteroatoms. The number of hydrogen-bond donors (Lipinski definition) is 1. The molecule has 0 radical (unpaired) electrons. The molecule has 1 aromatic carbocycles. The highest BCUT2D eigenvalue weighted by molar-refractivity contribution is 8.18. The fourth-order valence-electron chi connectivity index (χ4n) is 1.51. The zero-order valence-electron chi connectivity index (χ0n) is 9.84. The number of phenols is 1. The molecule has 1 saturated heterocycles. The maximum atomic E-state index is 11.7. The van der Waals surface area contributed by atoms with Crippen molar-refractivity contribution in [2.75, 3.05) is 14.2 Å². The molecule has 1 aliphatic rings. The molecule has 1 heterocycles. The van der Waals surface area contributed by atoms with Crippen LogP contribution in [0.3, 0.4) is 0 Å². The fourth-order valence-corrected chi connectivity index (χ4v) is 2.33. The van der Waals surface area contributed by atoms with Crippen LogP contribution in [0, 0.1) is 0 Å². The van der Waals surface area contributed by atoms with Gasteiger partial charge in [0.1, 0.15) is 0 Å². The minimum atomic E-state index is -0.368. The van der Waals surface area contributed by atoms with Crippen LogP contribution in [-0.4, -0.2) is 35.3 Å². The minimum Gasteiger partial charge on any atom is -0.504 e. The Morgan fingerprint density at radius 2 is 2.11 bits per heavy atom.